The Morgan fingerprint density at radius 2 is 1.24 bits per heavy atom. The summed E-state index contributed by atoms with van der Waals surface area (Å²) in [5.41, 5.74) is 5.96. The van der Waals surface area contributed by atoms with E-state index in [4.69, 9.17) is 9.97 Å². The smallest absolute Gasteiger partial charge is 0.135 e. The highest BCUT2D eigenvalue weighted by atomic mass is 15.0. The maximum absolute atomic E-state index is 5.13. The van der Waals surface area contributed by atoms with Crippen LogP contribution in [0.2, 0.25) is 0 Å². The Balaban J connectivity index is 1.78. The molecule has 4 heteroatoms. The van der Waals surface area contributed by atoms with E-state index < -0.39 is 0 Å². The van der Waals surface area contributed by atoms with Crippen molar-refractivity contribution < 1.29 is 0 Å². The molecule has 0 spiro atoms. The first-order valence-corrected chi connectivity index (χ1v) is 11.2. The van der Waals surface area contributed by atoms with Crippen LogP contribution >= 0.6 is 0 Å². The topological polar surface area (TPSA) is 43.6 Å². The van der Waals surface area contributed by atoms with Crippen molar-refractivity contribution in [3.8, 4) is 16.9 Å². The van der Waals surface area contributed by atoms with Gasteiger partial charge in [0.2, 0.25) is 0 Å². The molecule has 0 fully saturated rings. The molecule has 4 nitrogen and oxygen atoms in total. The second-order valence-electron chi connectivity index (χ2n) is 9.44. The maximum atomic E-state index is 5.13. The molecule has 33 heavy (non-hydrogen) atoms. The van der Waals surface area contributed by atoms with Gasteiger partial charge in [0.15, 0.2) is 0 Å². The molecule has 0 unspecified atom stereocenters. The lowest BCUT2D eigenvalue weighted by Gasteiger charge is -2.20. The molecule has 0 bridgehead atoms. The van der Waals surface area contributed by atoms with Crippen LogP contribution in [0.4, 0.5) is 0 Å². The molecule has 6 aromatic rings. The average molecular weight is 429 g/mol. The first-order valence-electron chi connectivity index (χ1n) is 11.2. The predicted molar refractivity (Wildman–Crippen MR) is 136 cm³/mol. The molecule has 0 N–H and O–H groups in total. The zero-order valence-electron chi connectivity index (χ0n) is 18.9. The summed E-state index contributed by atoms with van der Waals surface area (Å²) in [6.07, 6.45) is 3.82. The van der Waals surface area contributed by atoms with Gasteiger partial charge in [-0.1, -0.05) is 87.5 Å². The molecule has 3 aromatic carbocycles. The number of fused-ring (bicyclic) bond motifs is 4. The minimum Gasteiger partial charge on any atom is -0.306 e. The average Bonchev–Trinajstić information content (AvgIpc) is 3.17. The maximum Gasteiger partial charge on any atom is 0.135 e. The third kappa shape index (κ3) is 3.10. The molecular weight excluding hydrogens is 404 g/mol. The number of aromatic nitrogens is 4. The summed E-state index contributed by atoms with van der Waals surface area (Å²) in [5, 5.41) is 3.39. The van der Waals surface area contributed by atoms with Crippen LogP contribution in [0.25, 0.3) is 49.7 Å². The zero-order chi connectivity index (χ0) is 22.6. The predicted octanol–water partition coefficient (Wildman–Crippen LogP) is 7.09. The molecule has 6 rings (SSSR count). The Bertz CT molecular complexity index is 1590. The van der Waals surface area contributed by atoms with Gasteiger partial charge >= 0.3 is 0 Å². The minimum atomic E-state index is -0.195. The van der Waals surface area contributed by atoms with Crippen LogP contribution in [0.3, 0.4) is 0 Å². The summed E-state index contributed by atoms with van der Waals surface area (Å²) in [6, 6.07) is 27.4. The van der Waals surface area contributed by atoms with Gasteiger partial charge in [-0.25, -0.2) is 9.97 Å². The fourth-order valence-electron chi connectivity index (χ4n) is 4.53. The summed E-state index contributed by atoms with van der Waals surface area (Å²) < 4.78 is 2.29. The summed E-state index contributed by atoms with van der Waals surface area (Å²) in [7, 11) is 0. The normalized spacial score (nSPS) is 12.1. The quantitative estimate of drug-likeness (QED) is 0.296. The summed E-state index contributed by atoms with van der Waals surface area (Å²) in [6.45, 7) is 6.47. The fraction of sp³-hybridized carbons (Fsp3) is 0.138. The van der Waals surface area contributed by atoms with Crippen molar-refractivity contribution in [3.63, 3.8) is 0 Å². The fourth-order valence-corrected chi connectivity index (χ4v) is 4.53. The van der Waals surface area contributed by atoms with Crippen molar-refractivity contribution >= 4 is 32.7 Å². The SMILES string of the molecule is CC(C)(C)c1nc(-c2ccccc2)c2cncc(-n3c4ccccc4c4ccccc43)c2n1. The molecule has 160 valence electrons. The van der Waals surface area contributed by atoms with E-state index in [1.54, 1.807) is 0 Å². The number of nitrogens with zero attached hydrogens (tertiary/aromatic N) is 4. The van der Waals surface area contributed by atoms with Crippen LogP contribution in [0, 0.1) is 0 Å². The number of rotatable bonds is 2. The molecule has 0 saturated heterocycles. The molecule has 0 aliphatic carbocycles. The first-order chi connectivity index (χ1) is 16.0. The third-order valence-corrected chi connectivity index (χ3v) is 6.13. The number of pyridine rings is 1. The molecule has 0 aliphatic rings. The van der Waals surface area contributed by atoms with E-state index in [2.05, 4.69) is 91.0 Å². The lowest BCUT2D eigenvalue weighted by Crippen LogP contribution is -2.17. The van der Waals surface area contributed by atoms with E-state index in [9.17, 15) is 0 Å². The van der Waals surface area contributed by atoms with Gasteiger partial charge in [-0.05, 0) is 12.1 Å². The van der Waals surface area contributed by atoms with Crippen molar-refractivity contribution in [1.29, 1.82) is 0 Å². The largest absolute Gasteiger partial charge is 0.306 e. The van der Waals surface area contributed by atoms with Crippen molar-refractivity contribution in [1.82, 2.24) is 19.5 Å². The highest BCUT2D eigenvalue weighted by Crippen LogP contribution is 2.36. The number of benzene rings is 3. The Labute approximate surface area is 192 Å². The summed E-state index contributed by atoms with van der Waals surface area (Å²) in [4.78, 5) is 14.8. The van der Waals surface area contributed by atoms with Crippen LogP contribution < -0.4 is 0 Å². The van der Waals surface area contributed by atoms with Gasteiger partial charge in [0, 0.05) is 33.3 Å². The lowest BCUT2D eigenvalue weighted by molar-refractivity contribution is 0.549. The van der Waals surface area contributed by atoms with E-state index in [0.29, 0.717) is 0 Å². The van der Waals surface area contributed by atoms with Crippen molar-refractivity contribution in [2.24, 2.45) is 0 Å². The van der Waals surface area contributed by atoms with Gasteiger partial charge in [-0.2, -0.15) is 0 Å². The van der Waals surface area contributed by atoms with E-state index >= 15 is 0 Å². The van der Waals surface area contributed by atoms with Crippen LogP contribution in [0.15, 0.2) is 91.3 Å². The van der Waals surface area contributed by atoms with Gasteiger partial charge < -0.3 is 4.57 Å². The molecule has 3 heterocycles. The highest BCUT2D eigenvalue weighted by molar-refractivity contribution is 6.10. The lowest BCUT2D eigenvalue weighted by atomic mass is 9.94. The van der Waals surface area contributed by atoms with Crippen LogP contribution in [0.1, 0.15) is 26.6 Å². The van der Waals surface area contributed by atoms with E-state index in [1.165, 1.54) is 10.8 Å². The molecule has 0 amide bonds. The van der Waals surface area contributed by atoms with Gasteiger partial charge in [-0.15, -0.1) is 0 Å². The van der Waals surface area contributed by atoms with Crippen molar-refractivity contribution in [2.45, 2.75) is 26.2 Å². The van der Waals surface area contributed by atoms with Crippen molar-refractivity contribution in [2.75, 3.05) is 0 Å². The molecule has 0 radical (unpaired) electrons. The second kappa shape index (κ2) is 7.24. The van der Waals surface area contributed by atoms with Gasteiger partial charge in [0.25, 0.3) is 0 Å². The molecular formula is C29H24N4. The first kappa shape index (κ1) is 19.6. The monoisotopic (exact) mass is 428 g/mol. The second-order valence-corrected chi connectivity index (χ2v) is 9.44. The third-order valence-electron chi connectivity index (χ3n) is 6.13. The van der Waals surface area contributed by atoms with Crippen LogP contribution in [0.5, 0.6) is 0 Å². The van der Waals surface area contributed by atoms with Gasteiger partial charge in [-0.3, -0.25) is 4.98 Å². The molecule has 3 aromatic heterocycles. The van der Waals surface area contributed by atoms with E-state index in [0.717, 1.165) is 44.7 Å². The Morgan fingerprint density at radius 1 is 0.636 bits per heavy atom. The molecule has 0 saturated carbocycles. The number of hydrogen-bond acceptors (Lipinski definition) is 3. The Morgan fingerprint density at radius 3 is 1.88 bits per heavy atom. The van der Waals surface area contributed by atoms with Crippen molar-refractivity contribution in [3.05, 3.63) is 97.1 Å². The van der Waals surface area contributed by atoms with Gasteiger partial charge in [0.1, 0.15) is 11.3 Å². The molecule has 0 atom stereocenters. The van der Waals surface area contributed by atoms with Crippen LogP contribution in [-0.4, -0.2) is 19.5 Å². The summed E-state index contributed by atoms with van der Waals surface area (Å²) in [5.74, 6) is 0.821. The number of para-hydroxylation sites is 2. The summed E-state index contributed by atoms with van der Waals surface area (Å²) >= 11 is 0. The highest BCUT2D eigenvalue weighted by Gasteiger charge is 2.23. The Kier molecular flexibility index (Phi) is 4.31. The minimum absolute atomic E-state index is 0.195. The van der Waals surface area contributed by atoms with E-state index in [1.807, 2.05) is 30.6 Å². The standard InChI is InChI=1S/C29H24N4/c1-29(2,3)28-31-26(19-11-5-4-6-12-19)22-17-30-18-25(27(22)32-28)33-23-15-9-7-13-20(23)21-14-8-10-16-24(21)33/h4-18H,1-3H3. The van der Waals surface area contributed by atoms with Gasteiger partial charge in [0.05, 0.1) is 28.6 Å². The van der Waals surface area contributed by atoms with E-state index in [-0.39, 0.29) is 5.41 Å². The number of hydrogen-bond donors (Lipinski definition) is 0. The molecule has 0 aliphatic heterocycles. The zero-order valence-corrected chi connectivity index (χ0v) is 18.9. The Hall–Kier alpha value is -4.05. The van der Waals surface area contributed by atoms with Crippen LogP contribution in [-0.2, 0) is 5.41 Å².